The van der Waals surface area contributed by atoms with Crippen molar-refractivity contribution in [2.24, 2.45) is 0 Å². The van der Waals surface area contributed by atoms with Gasteiger partial charge in [0.1, 0.15) is 17.5 Å². The van der Waals surface area contributed by atoms with Crippen LogP contribution in [0.25, 0.3) is 0 Å². The summed E-state index contributed by atoms with van der Waals surface area (Å²) in [6, 6.07) is 8.34. The molecule has 1 aliphatic rings. The number of benzene rings is 1. The number of ether oxygens (including phenoxy) is 3. The number of carbonyl (C=O) groups is 1. The summed E-state index contributed by atoms with van der Waals surface area (Å²) < 4.78 is 15.7. The van der Waals surface area contributed by atoms with Gasteiger partial charge in [0.2, 0.25) is 0 Å². The summed E-state index contributed by atoms with van der Waals surface area (Å²) in [5, 5.41) is 3.39. The van der Waals surface area contributed by atoms with Crippen molar-refractivity contribution >= 4 is 6.16 Å². The minimum Gasteiger partial charge on any atom is -0.497 e. The van der Waals surface area contributed by atoms with Gasteiger partial charge in [-0.05, 0) is 44.9 Å². The molecule has 2 atom stereocenters. The van der Waals surface area contributed by atoms with E-state index in [0.717, 1.165) is 18.6 Å². The first-order valence-corrected chi connectivity index (χ1v) is 7.61. The summed E-state index contributed by atoms with van der Waals surface area (Å²) in [7, 11) is 1.66. The summed E-state index contributed by atoms with van der Waals surface area (Å²) >= 11 is 0. The van der Waals surface area contributed by atoms with Gasteiger partial charge in [-0.15, -0.1) is 0 Å². The molecule has 0 saturated carbocycles. The Morgan fingerprint density at radius 2 is 1.95 bits per heavy atom. The fraction of sp³-hybridized carbons (Fsp3) is 0.588. The first-order chi connectivity index (χ1) is 10.4. The summed E-state index contributed by atoms with van der Waals surface area (Å²) in [5.74, 6) is 0.856. The topological polar surface area (TPSA) is 56.8 Å². The van der Waals surface area contributed by atoms with Crippen LogP contribution in [0, 0.1) is 0 Å². The molecule has 0 spiro atoms. The van der Waals surface area contributed by atoms with Crippen molar-refractivity contribution in [2.45, 2.75) is 51.4 Å². The molecule has 0 bridgehead atoms. The highest BCUT2D eigenvalue weighted by molar-refractivity contribution is 5.60. The van der Waals surface area contributed by atoms with E-state index in [2.05, 4.69) is 17.4 Å². The largest absolute Gasteiger partial charge is 0.509 e. The molecular formula is C17H25NO4. The Morgan fingerprint density at radius 1 is 1.27 bits per heavy atom. The average Bonchev–Trinajstić information content (AvgIpc) is 2.84. The van der Waals surface area contributed by atoms with Crippen molar-refractivity contribution in [3.8, 4) is 5.75 Å². The number of hydrogen-bond donors (Lipinski definition) is 1. The number of nitrogens with one attached hydrogen (secondary N) is 1. The van der Waals surface area contributed by atoms with Crippen LogP contribution in [0.1, 0.15) is 32.8 Å². The molecule has 0 unspecified atom stereocenters. The molecule has 5 nitrogen and oxygen atoms in total. The Hall–Kier alpha value is -1.75. The van der Waals surface area contributed by atoms with E-state index in [1.54, 1.807) is 7.11 Å². The van der Waals surface area contributed by atoms with Crippen LogP contribution in [0.3, 0.4) is 0 Å². The fourth-order valence-electron chi connectivity index (χ4n) is 2.48. The monoisotopic (exact) mass is 307 g/mol. The van der Waals surface area contributed by atoms with Crippen LogP contribution in [0.5, 0.6) is 5.75 Å². The van der Waals surface area contributed by atoms with Crippen LogP contribution in [-0.4, -0.2) is 37.6 Å². The maximum absolute atomic E-state index is 11.7. The summed E-state index contributed by atoms with van der Waals surface area (Å²) in [5.41, 5.74) is 0.710. The van der Waals surface area contributed by atoms with Crippen molar-refractivity contribution in [3.63, 3.8) is 0 Å². The Labute approximate surface area is 131 Å². The SMILES string of the molecule is COc1ccc(C[C@@H]2C[C@@H](OC(=O)OC(C)(C)C)CN2)cc1. The van der Waals surface area contributed by atoms with E-state index in [1.165, 1.54) is 5.56 Å². The highest BCUT2D eigenvalue weighted by Gasteiger charge is 2.29. The van der Waals surface area contributed by atoms with Crippen LogP contribution in [0.15, 0.2) is 24.3 Å². The average molecular weight is 307 g/mol. The molecule has 0 aromatic heterocycles. The Kier molecular flexibility index (Phi) is 5.29. The lowest BCUT2D eigenvalue weighted by atomic mass is 10.0. The van der Waals surface area contributed by atoms with Crippen molar-refractivity contribution in [1.82, 2.24) is 5.32 Å². The maximum atomic E-state index is 11.7. The third-order valence-corrected chi connectivity index (χ3v) is 3.48. The van der Waals surface area contributed by atoms with Crippen molar-refractivity contribution in [3.05, 3.63) is 29.8 Å². The highest BCUT2D eigenvalue weighted by Crippen LogP contribution is 2.19. The first-order valence-electron chi connectivity index (χ1n) is 7.61. The molecule has 122 valence electrons. The fourth-order valence-corrected chi connectivity index (χ4v) is 2.48. The third-order valence-electron chi connectivity index (χ3n) is 3.48. The van der Waals surface area contributed by atoms with Crippen LogP contribution < -0.4 is 10.1 Å². The smallest absolute Gasteiger partial charge is 0.497 e. The summed E-state index contributed by atoms with van der Waals surface area (Å²) in [6.07, 6.45) is 0.978. The lowest BCUT2D eigenvalue weighted by Crippen LogP contribution is -2.28. The second kappa shape index (κ2) is 7.01. The van der Waals surface area contributed by atoms with Gasteiger partial charge >= 0.3 is 6.16 Å². The van der Waals surface area contributed by atoms with Crippen LogP contribution in [0.4, 0.5) is 4.79 Å². The molecule has 22 heavy (non-hydrogen) atoms. The lowest BCUT2D eigenvalue weighted by molar-refractivity contribution is -0.0232. The molecule has 0 aliphatic carbocycles. The first kappa shape index (κ1) is 16.6. The molecule has 1 fully saturated rings. The van der Waals surface area contributed by atoms with E-state index in [1.807, 2.05) is 32.9 Å². The second-order valence-corrected chi connectivity index (χ2v) is 6.60. The third kappa shape index (κ3) is 5.22. The molecular weight excluding hydrogens is 282 g/mol. The van der Waals surface area contributed by atoms with Gasteiger partial charge in [0.05, 0.1) is 7.11 Å². The van der Waals surface area contributed by atoms with Crippen molar-refractivity contribution in [2.75, 3.05) is 13.7 Å². The predicted octanol–water partition coefficient (Wildman–Crippen LogP) is 2.92. The predicted molar refractivity (Wildman–Crippen MR) is 84.2 cm³/mol. The van der Waals surface area contributed by atoms with Crippen molar-refractivity contribution in [1.29, 1.82) is 0 Å². The van der Waals surface area contributed by atoms with Gasteiger partial charge in [-0.1, -0.05) is 12.1 Å². The van der Waals surface area contributed by atoms with Gasteiger partial charge in [-0.2, -0.15) is 0 Å². The van der Waals surface area contributed by atoms with Gasteiger partial charge in [-0.3, -0.25) is 0 Å². The minimum atomic E-state index is -0.593. The number of methoxy groups -OCH3 is 1. The molecule has 1 aliphatic heterocycles. The van der Waals surface area contributed by atoms with E-state index in [0.29, 0.717) is 12.6 Å². The Morgan fingerprint density at radius 3 is 2.55 bits per heavy atom. The van der Waals surface area contributed by atoms with E-state index in [-0.39, 0.29) is 6.10 Å². The van der Waals surface area contributed by atoms with Crippen LogP contribution in [-0.2, 0) is 15.9 Å². The van der Waals surface area contributed by atoms with Crippen LogP contribution in [0.2, 0.25) is 0 Å². The highest BCUT2D eigenvalue weighted by atomic mass is 16.7. The van der Waals surface area contributed by atoms with Gasteiger partial charge in [0.15, 0.2) is 0 Å². The molecule has 1 N–H and O–H groups in total. The van der Waals surface area contributed by atoms with Gasteiger partial charge in [-0.25, -0.2) is 4.79 Å². The van der Waals surface area contributed by atoms with E-state index in [4.69, 9.17) is 14.2 Å². The molecule has 1 heterocycles. The van der Waals surface area contributed by atoms with Gasteiger partial charge < -0.3 is 19.5 Å². The lowest BCUT2D eigenvalue weighted by Gasteiger charge is -2.20. The number of rotatable bonds is 4. The molecule has 1 saturated heterocycles. The van der Waals surface area contributed by atoms with E-state index in [9.17, 15) is 4.79 Å². The van der Waals surface area contributed by atoms with E-state index < -0.39 is 11.8 Å². The normalized spacial score (nSPS) is 21.5. The maximum Gasteiger partial charge on any atom is 0.509 e. The summed E-state index contributed by atoms with van der Waals surface area (Å²) in [6.45, 7) is 6.15. The van der Waals surface area contributed by atoms with Gasteiger partial charge in [0, 0.05) is 19.0 Å². The number of hydrogen-bond acceptors (Lipinski definition) is 5. The molecule has 1 aromatic carbocycles. The molecule has 1 aromatic rings. The molecule has 5 heteroatoms. The quantitative estimate of drug-likeness (QED) is 0.867. The molecule has 0 amide bonds. The van der Waals surface area contributed by atoms with Crippen LogP contribution >= 0.6 is 0 Å². The number of carbonyl (C=O) groups excluding carboxylic acids is 1. The Bertz CT molecular complexity index is 492. The standard InChI is InChI=1S/C17H25NO4/c1-17(2,3)22-16(19)21-15-10-13(18-11-15)9-12-5-7-14(20-4)8-6-12/h5-8,13,15,18H,9-11H2,1-4H3/t13-,15-/m1/s1. The summed E-state index contributed by atoms with van der Waals surface area (Å²) in [4.78, 5) is 11.7. The Balaban J connectivity index is 1.78. The van der Waals surface area contributed by atoms with Gasteiger partial charge in [0.25, 0.3) is 0 Å². The molecule has 0 radical (unpaired) electrons. The minimum absolute atomic E-state index is 0.127. The molecule has 2 rings (SSSR count). The second-order valence-electron chi connectivity index (χ2n) is 6.60. The zero-order valence-electron chi connectivity index (χ0n) is 13.7. The van der Waals surface area contributed by atoms with E-state index >= 15 is 0 Å². The van der Waals surface area contributed by atoms with Crippen molar-refractivity contribution < 1.29 is 19.0 Å². The zero-order valence-corrected chi connectivity index (χ0v) is 13.7. The zero-order chi connectivity index (χ0) is 16.2.